The summed E-state index contributed by atoms with van der Waals surface area (Å²) < 4.78 is 5.89. The molecule has 2 N–H and O–H groups in total. The first-order valence-electron chi connectivity index (χ1n) is 6.06. The van der Waals surface area contributed by atoms with Gasteiger partial charge in [-0.1, -0.05) is 0 Å². The number of pyridine rings is 1. The van der Waals surface area contributed by atoms with Crippen molar-refractivity contribution in [3.05, 3.63) is 28.5 Å². The van der Waals surface area contributed by atoms with E-state index in [0.29, 0.717) is 19.4 Å². The van der Waals surface area contributed by atoms with Crippen molar-refractivity contribution in [1.29, 1.82) is 0 Å². The number of aliphatic hydroxyl groups is 1. The molecule has 0 aliphatic rings. The van der Waals surface area contributed by atoms with Gasteiger partial charge in [0, 0.05) is 36.4 Å². The minimum absolute atomic E-state index is 0.562. The molecule has 0 bridgehead atoms. The summed E-state index contributed by atoms with van der Waals surface area (Å²) in [5.74, 6) is 0. The number of aromatic nitrogens is 1. The summed E-state index contributed by atoms with van der Waals surface area (Å²) >= 11 is 3.34. The van der Waals surface area contributed by atoms with Crippen LogP contribution < -0.4 is 5.32 Å². The number of halogens is 1. The molecule has 5 heteroatoms. The molecular formula is C13H21BrN2O2. The maximum absolute atomic E-state index is 10.3. The molecule has 0 saturated heterocycles. The average molecular weight is 317 g/mol. The maximum Gasteiger partial charge on any atom is 0.0687 e. The number of ether oxygens (including phenoxy) is 1. The molecule has 1 atom stereocenters. The summed E-state index contributed by atoms with van der Waals surface area (Å²) in [4.78, 5) is 4.27. The van der Waals surface area contributed by atoms with Crippen LogP contribution in [0.1, 0.15) is 19.0 Å². The highest BCUT2D eigenvalue weighted by molar-refractivity contribution is 9.10. The molecular weight excluding hydrogens is 296 g/mol. The van der Waals surface area contributed by atoms with E-state index in [2.05, 4.69) is 26.2 Å². The quantitative estimate of drug-likeness (QED) is 0.718. The number of nitrogens with zero attached hydrogens (tertiary/aromatic N) is 1. The van der Waals surface area contributed by atoms with Gasteiger partial charge in [0.1, 0.15) is 0 Å². The zero-order valence-corrected chi connectivity index (χ0v) is 12.5. The SMILES string of the molecule is COCCNCCC(C)(O)Cc1ccc(Br)cn1. The Morgan fingerprint density at radius 1 is 1.44 bits per heavy atom. The summed E-state index contributed by atoms with van der Waals surface area (Å²) in [6.07, 6.45) is 3.00. The van der Waals surface area contributed by atoms with Crippen LogP contribution in [0.5, 0.6) is 0 Å². The van der Waals surface area contributed by atoms with E-state index >= 15 is 0 Å². The first kappa shape index (κ1) is 15.6. The van der Waals surface area contributed by atoms with Crippen molar-refractivity contribution in [3.8, 4) is 0 Å². The lowest BCUT2D eigenvalue weighted by atomic mass is 9.96. The minimum atomic E-state index is -0.735. The predicted octanol–water partition coefficient (Wildman–Crippen LogP) is 1.76. The third kappa shape index (κ3) is 6.44. The molecule has 102 valence electrons. The molecule has 4 nitrogen and oxygen atoms in total. The van der Waals surface area contributed by atoms with E-state index in [4.69, 9.17) is 4.74 Å². The van der Waals surface area contributed by atoms with Crippen LogP contribution in [-0.4, -0.2) is 42.5 Å². The van der Waals surface area contributed by atoms with Crippen molar-refractivity contribution in [2.75, 3.05) is 26.8 Å². The molecule has 1 unspecified atom stereocenters. The Morgan fingerprint density at radius 2 is 2.22 bits per heavy atom. The number of methoxy groups -OCH3 is 1. The van der Waals surface area contributed by atoms with Gasteiger partial charge in [-0.05, 0) is 48.0 Å². The molecule has 0 aromatic carbocycles. The van der Waals surface area contributed by atoms with Crippen LogP contribution in [0.25, 0.3) is 0 Å². The summed E-state index contributed by atoms with van der Waals surface area (Å²) in [7, 11) is 1.68. The first-order chi connectivity index (χ1) is 8.53. The second-order valence-electron chi connectivity index (χ2n) is 4.63. The van der Waals surface area contributed by atoms with Gasteiger partial charge >= 0.3 is 0 Å². The number of rotatable bonds is 8. The van der Waals surface area contributed by atoms with Crippen molar-refractivity contribution < 1.29 is 9.84 Å². The molecule has 1 heterocycles. The Kier molecular flexibility index (Phi) is 6.78. The second-order valence-corrected chi connectivity index (χ2v) is 5.55. The van der Waals surface area contributed by atoms with Crippen molar-refractivity contribution >= 4 is 15.9 Å². The van der Waals surface area contributed by atoms with Gasteiger partial charge in [0.25, 0.3) is 0 Å². The Balaban J connectivity index is 2.32. The van der Waals surface area contributed by atoms with Gasteiger partial charge in [-0.2, -0.15) is 0 Å². The van der Waals surface area contributed by atoms with Crippen molar-refractivity contribution in [2.45, 2.75) is 25.4 Å². The summed E-state index contributed by atoms with van der Waals surface area (Å²) in [5, 5.41) is 13.5. The highest BCUT2D eigenvalue weighted by atomic mass is 79.9. The van der Waals surface area contributed by atoms with Gasteiger partial charge in [0.2, 0.25) is 0 Å². The second kappa shape index (κ2) is 7.84. The summed E-state index contributed by atoms with van der Waals surface area (Å²) in [6.45, 7) is 4.11. The highest BCUT2D eigenvalue weighted by Gasteiger charge is 2.20. The normalized spacial score (nSPS) is 14.4. The number of hydrogen-bond donors (Lipinski definition) is 2. The lowest BCUT2D eigenvalue weighted by molar-refractivity contribution is 0.0501. The van der Waals surface area contributed by atoms with Gasteiger partial charge in [0.05, 0.1) is 12.2 Å². The van der Waals surface area contributed by atoms with Crippen LogP contribution in [0.3, 0.4) is 0 Å². The minimum Gasteiger partial charge on any atom is -0.390 e. The lowest BCUT2D eigenvalue weighted by Gasteiger charge is -2.23. The zero-order valence-electron chi connectivity index (χ0n) is 10.9. The monoisotopic (exact) mass is 316 g/mol. The van der Waals surface area contributed by atoms with E-state index in [9.17, 15) is 5.11 Å². The Hall–Kier alpha value is -0.490. The van der Waals surface area contributed by atoms with Crippen LogP contribution in [0, 0.1) is 0 Å². The van der Waals surface area contributed by atoms with Crippen molar-refractivity contribution in [2.24, 2.45) is 0 Å². The molecule has 0 fully saturated rings. The standard InChI is InChI=1S/C13H21BrN2O2/c1-13(17,5-6-15-7-8-18-2)9-12-4-3-11(14)10-16-12/h3-4,10,15,17H,5-9H2,1-2H3. The first-order valence-corrected chi connectivity index (χ1v) is 6.85. The van der Waals surface area contributed by atoms with Gasteiger partial charge in [-0.15, -0.1) is 0 Å². The maximum atomic E-state index is 10.3. The molecule has 1 aromatic heterocycles. The van der Waals surface area contributed by atoms with E-state index in [-0.39, 0.29) is 0 Å². The lowest BCUT2D eigenvalue weighted by Crippen LogP contribution is -2.33. The third-order valence-corrected chi connectivity index (χ3v) is 3.14. The molecule has 0 aliphatic heterocycles. The van der Waals surface area contributed by atoms with E-state index in [0.717, 1.165) is 23.3 Å². The van der Waals surface area contributed by atoms with E-state index in [1.54, 1.807) is 13.3 Å². The number of hydrogen-bond acceptors (Lipinski definition) is 4. The smallest absolute Gasteiger partial charge is 0.0687 e. The van der Waals surface area contributed by atoms with Crippen molar-refractivity contribution in [1.82, 2.24) is 10.3 Å². The molecule has 18 heavy (non-hydrogen) atoms. The van der Waals surface area contributed by atoms with Gasteiger partial charge in [-0.3, -0.25) is 4.98 Å². The molecule has 1 rings (SSSR count). The van der Waals surface area contributed by atoms with Crippen LogP contribution in [-0.2, 0) is 11.2 Å². The van der Waals surface area contributed by atoms with Crippen LogP contribution >= 0.6 is 15.9 Å². The highest BCUT2D eigenvalue weighted by Crippen LogP contribution is 2.16. The van der Waals surface area contributed by atoms with Crippen LogP contribution in [0.4, 0.5) is 0 Å². The average Bonchev–Trinajstić information content (AvgIpc) is 2.31. The molecule has 1 aromatic rings. The fraction of sp³-hybridized carbons (Fsp3) is 0.615. The fourth-order valence-corrected chi connectivity index (χ4v) is 1.88. The van der Waals surface area contributed by atoms with Gasteiger partial charge in [0.15, 0.2) is 0 Å². The Morgan fingerprint density at radius 3 is 2.83 bits per heavy atom. The predicted molar refractivity (Wildman–Crippen MR) is 75.6 cm³/mol. The molecule has 0 amide bonds. The molecule has 0 saturated carbocycles. The van der Waals surface area contributed by atoms with Crippen molar-refractivity contribution in [3.63, 3.8) is 0 Å². The van der Waals surface area contributed by atoms with E-state index in [1.165, 1.54) is 0 Å². The Bertz CT molecular complexity index is 341. The van der Waals surface area contributed by atoms with Crippen LogP contribution in [0.2, 0.25) is 0 Å². The number of nitrogens with one attached hydrogen (secondary N) is 1. The van der Waals surface area contributed by atoms with E-state index in [1.807, 2.05) is 19.1 Å². The third-order valence-electron chi connectivity index (χ3n) is 2.67. The van der Waals surface area contributed by atoms with Gasteiger partial charge < -0.3 is 15.2 Å². The van der Waals surface area contributed by atoms with E-state index < -0.39 is 5.60 Å². The Labute approximate surface area is 117 Å². The topological polar surface area (TPSA) is 54.4 Å². The summed E-state index contributed by atoms with van der Waals surface area (Å²) in [6, 6.07) is 3.87. The molecule has 0 spiro atoms. The van der Waals surface area contributed by atoms with Crippen LogP contribution in [0.15, 0.2) is 22.8 Å². The fourth-order valence-electron chi connectivity index (χ4n) is 1.65. The van der Waals surface area contributed by atoms with Gasteiger partial charge in [-0.25, -0.2) is 0 Å². The largest absolute Gasteiger partial charge is 0.390 e. The molecule has 0 radical (unpaired) electrons. The zero-order chi connectivity index (χ0) is 13.4. The summed E-state index contributed by atoms with van der Waals surface area (Å²) in [5.41, 5.74) is 0.168. The molecule has 0 aliphatic carbocycles.